The highest BCUT2D eigenvalue weighted by Crippen LogP contribution is 2.46. The summed E-state index contributed by atoms with van der Waals surface area (Å²) < 4.78 is 0. The molecule has 1 aliphatic heterocycles. The first-order chi connectivity index (χ1) is 7.86. The number of hydrogen-bond acceptors (Lipinski definition) is 1. The molecular formula is C15H21NO. The van der Waals surface area contributed by atoms with Gasteiger partial charge in [0.25, 0.3) is 0 Å². The Labute approximate surface area is 104 Å². The van der Waals surface area contributed by atoms with Gasteiger partial charge >= 0.3 is 0 Å². The molecule has 17 heavy (non-hydrogen) atoms. The van der Waals surface area contributed by atoms with Crippen LogP contribution < -0.4 is 4.90 Å². The Kier molecular flexibility index (Phi) is 2.76. The van der Waals surface area contributed by atoms with Gasteiger partial charge in [0.05, 0.1) is 5.92 Å². The van der Waals surface area contributed by atoms with E-state index >= 15 is 0 Å². The molecule has 1 heterocycles. The first kappa shape index (κ1) is 12.2. The number of hydrogen-bond donors (Lipinski definition) is 0. The van der Waals surface area contributed by atoms with Crippen LogP contribution in [-0.2, 0) is 4.79 Å². The van der Waals surface area contributed by atoms with E-state index in [1.165, 1.54) is 11.1 Å². The molecule has 0 bridgehead atoms. The number of aryl methyl sites for hydroxylation is 1. The molecule has 2 heteroatoms. The van der Waals surface area contributed by atoms with Gasteiger partial charge in [0, 0.05) is 12.2 Å². The molecule has 2 nitrogen and oxygen atoms in total. The van der Waals surface area contributed by atoms with Crippen LogP contribution in [0.25, 0.3) is 0 Å². The van der Waals surface area contributed by atoms with E-state index in [4.69, 9.17) is 0 Å². The highest BCUT2D eigenvalue weighted by atomic mass is 16.2. The summed E-state index contributed by atoms with van der Waals surface area (Å²) in [5.74, 6) is 0.248. The van der Waals surface area contributed by atoms with Crippen LogP contribution in [0, 0.1) is 12.3 Å². The molecule has 0 fully saturated rings. The molecule has 2 rings (SSSR count). The quantitative estimate of drug-likeness (QED) is 0.724. The maximum Gasteiger partial charge on any atom is 0.235 e. The number of fused-ring (bicyclic) bond motifs is 1. The Balaban J connectivity index is 2.59. The SMILES string of the molecule is CCN1C(=O)C(C(C)(C)C)c2cc(C)ccc21. The monoisotopic (exact) mass is 231 g/mol. The van der Waals surface area contributed by atoms with Crippen LogP contribution in [0.2, 0.25) is 0 Å². The van der Waals surface area contributed by atoms with Gasteiger partial charge in [0.2, 0.25) is 5.91 Å². The Morgan fingerprint density at radius 3 is 2.47 bits per heavy atom. The van der Waals surface area contributed by atoms with E-state index in [0.29, 0.717) is 0 Å². The largest absolute Gasteiger partial charge is 0.312 e. The predicted molar refractivity (Wildman–Crippen MR) is 71.4 cm³/mol. The number of amides is 1. The van der Waals surface area contributed by atoms with Crippen molar-refractivity contribution in [1.82, 2.24) is 0 Å². The van der Waals surface area contributed by atoms with Crippen LogP contribution in [0.5, 0.6) is 0 Å². The van der Waals surface area contributed by atoms with Crippen molar-refractivity contribution in [2.24, 2.45) is 5.41 Å². The van der Waals surface area contributed by atoms with E-state index in [1.807, 2.05) is 11.8 Å². The van der Waals surface area contributed by atoms with Crippen molar-refractivity contribution in [2.45, 2.75) is 40.5 Å². The Morgan fingerprint density at radius 1 is 1.29 bits per heavy atom. The van der Waals surface area contributed by atoms with Gasteiger partial charge < -0.3 is 4.90 Å². The summed E-state index contributed by atoms with van der Waals surface area (Å²) in [6, 6.07) is 6.33. The van der Waals surface area contributed by atoms with E-state index < -0.39 is 0 Å². The number of carbonyl (C=O) groups excluding carboxylic acids is 1. The molecule has 1 unspecified atom stereocenters. The van der Waals surface area contributed by atoms with Crippen molar-refractivity contribution in [3.8, 4) is 0 Å². The minimum Gasteiger partial charge on any atom is -0.312 e. The fraction of sp³-hybridized carbons (Fsp3) is 0.533. The first-order valence-corrected chi connectivity index (χ1v) is 6.28. The van der Waals surface area contributed by atoms with Gasteiger partial charge in [-0.15, -0.1) is 0 Å². The third kappa shape index (κ3) is 1.86. The van der Waals surface area contributed by atoms with Gasteiger partial charge in [-0.1, -0.05) is 38.5 Å². The maximum absolute atomic E-state index is 12.5. The van der Waals surface area contributed by atoms with Crippen LogP contribution in [-0.4, -0.2) is 12.5 Å². The highest BCUT2D eigenvalue weighted by molar-refractivity contribution is 6.05. The van der Waals surface area contributed by atoms with Gasteiger partial charge in [-0.3, -0.25) is 4.79 Å². The molecule has 92 valence electrons. The van der Waals surface area contributed by atoms with Crippen molar-refractivity contribution in [2.75, 3.05) is 11.4 Å². The topological polar surface area (TPSA) is 20.3 Å². The van der Waals surface area contributed by atoms with Crippen molar-refractivity contribution < 1.29 is 4.79 Å². The van der Waals surface area contributed by atoms with Crippen LogP contribution in [0.3, 0.4) is 0 Å². The molecule has 0 N–H and O–H groups in total. The summed E-state index contributed by atoms with van der Waals surface area (Å²) in [5.41, 5.74) is 3.50. The minimum atomic E-state index is -0.0243. The molecular weight excluding hydrogens is 210 g/mol. The zero-order chi connectivity index (χ0) is 12.8. The summed E-state index contributed by atoms with van der Waals surface area (Å²) >= 11 is 0. The molecule has 0 spiro atoms. The molecule has 1 aromatic carbocycles. The number of likely N-dealkylation sites (N-methyl/N-ethyl adjacent to an activating group) is 1. The molecule has 1 amide bonds. The van der Waals surface area contributed by atoms with E-state index in [1.54, 1.807) is 0 Å². The minimum absolute atomic E-state index is 0.00245. The smallest absolute Gasteiger partial charge is 0.235 e. The lowest BCUT2D eigenvalue weighted by Crippen LogP contribution is -2.33. The molecule has 0 aliphatic carbocycles. The zero-order valence-electron chi connectivity index (χ0n) is 11.4. The molecule has 0 aromatic heterocycles. The average Bonchev–Trinajstić information content (AvgIpc) is 2.47. The number of carbonyl (C=O) groups is 1. The van der Waals surface area contributed by atoms with Crippen molar-refractivity contribution in [1.29, 1.82) is 0 Å². The Bertz CT molecular complexity index is 456. The standard InChI is InChI=1S/C15H21NO/c1-6-16-12-8-7-10(2)9-11(12)13(14(16)17)15(3,4)5/h7-9,13H,6H2,1-5H3. The maximum atomic E-state index is 12.5. The number of nitrogens with zero attached hydrogens (tertiary/aromatic N) is 1. The van der Waals surface area contributed by atoms with Crippen LogP contribution >= 0.6 is 0 Å². The van der Waals surface area contributed by atoms with Crippen LogP contribution in [0.15, 0.2) is 18.2 Å². The fourth-order valence-corrected chi connectivity index (χ4v) is 2.72. The second kappa shape index (κ2) is 3.86. The molecule has 0 saturated carbocycles. The predicted octanol–water partition coefficient (Wildman–Crippen LogP) is 3.49. The molecule has 1 atom stereocenters. The summed E-state index contributed by atoms with van der Waals surface area (Å²) in [7, 11) is 0. The summed E-state index contributed by atoms with van der Waals surface area (Å²) in [4.78, 5) is 14.4. The van der Waals surface area contributed by atoms with Crippen molar-refractivity contribution in [3.63, 3.8) is 0 Å². The van der Waals surface area contributed by atoms with E-state index in [2.05, 4.69) is 45.9 Å². The Hall–Kier alpha value is -1.31. The van der Waals surface area contributed by atoms with Gasteiger partial charge in [-0.2, -0.15) is 0 Å². The zero-order valence-corrected chi connectivity index (χ0v) is 11.4. The van der Waals surface area contributed by atoms with Gasteiger partial charge in [0.15, 0.2) is 0 Å². The van der Waals surface area contributed by atoms with E-state index in [9.17, 15) is 4.79 Å². The molecule has 0 radical (unpaired) electrons. The lowest BCUT2D eigenvalue weighted by Gasteiger charge is -2.26. The fourth-order valence-electron chi connectivity index (χ4n) is 2.72. The lowest BCUT2D eigenvalue weighted by molar-refractivity contribution is -0.121. The van der Waals surface area contributed by atoms with Crippen molar-refractivity contribution >= 4 is 11.6 Å². The van der Waals surface area contributed by atoms with Gasteiger partial charge in [-0.05, 0) is 30.9 Å². The summed E-state index contributed by atoms with van der Waals surface area (Å²) in [6.07, 6.45) is 0. The van der Waals surface area contributed by atoms with E-state index in [-0.39, 0.29) is 17.2 Å². The second-order valence-corrected chi connectivity index (χ2v) is 5.94. The van der Waals surface area contributed by atoms with Crippen LogP contribution in [0.4, 0.5) is 5.69 Å². The third-order valence-electron chi connectivity index (χ3n) is 3.48. The number of rotatable bonds is 1. The Morgan fingerprint density at radius 2 is 1.94 bits per heavy atom. The number of benzene rings is 1. The third-order valence-corrected chi connectivity index (χ3v) is 3.48. The second-order valence-electron chi connectivity index (χ2n) is 5.94. The first-order valence-electron chi connectivity index (χ1n) is 6.28. The summed E-state index contributed by atoms with van der Waals surface area (Å²) in [5, 5.41) is 0. The normalized spacial score (nSPS) is 19.7. The van der Waals surface area contributed by atoms with E-state index in [0.717, 1.165) is 12.2 Å². The molecule has 0 saturated heterocycles. The number of anilines is 1. The van der Waals surface area contributed by atoms with Crippen molar-refractivity contribution in [3.05, 3.63) is 29.3 Å². The van der Waals surface area contributed by atoms with Gasteiger partial charge in [0.1, 0.15) is 0 Å². The molecule has 1 aromatic rings. The van der Waals surface area contributed by atoms with Gasteiger partial charge in [-0.25, -0.2) is 0 Å². The van der Waals surface area contributed by atoms with Crippen LogP contribution in [0.1, 0.15) is 44.7 Å². The average molecular weight is 231 g/mol. The lowest BCUT2D eigenvalue weighted by atomic mass is 9.77. The highest BCUT2D eigenvalue weighted by Gasteiger charge is 2.43. The summed E-state index contributed by atoms with van der Waals surface area (Å²) in [6.45, 7) is 11.3. The molecule has 1 aliphatic rings.